The summed E-state index contributed by atoms with van der Waals surface area (Å²) >= 11 is 0. The van der Waals surface area contributed by atoms with E-state index in [4.69, 9.17) is 0 Å². The molecule has 1 aliphatic heterocycles. The zero-order valence-electron chi connectivity index (χ0n) is 11.8. The monoisotopic (exact) mass is 330 g/mol. The van der Waals surface area contributed by atoms with Gasteiger partial charge < -0.3 is 0 Å². The molecule has 0 saturated heterocycles. The van der Waals surface area contributed by atoms with Crippen LogP contribution < -0.4 is 0 Å². The van der Waals surface area contributed by atoms with Gasteiger partial charge in [0, 0.05) is 0 Å². The molecule has 0 atom stereocenters. The van der Waals surface area contributed by atoms with Crippen LogP contribution in [0.3, 0.4) is 0 Å². The summed E-state index contributed by atoms with van der Waals surface area (Å²) in [6, 6.07) is 8.04. The van der Waals surface area contributed by atoms with Crippen LogP contribution in [0.1, 0.15) is 0 Å². The molecule has 1 aliphatic rings. The Bertz CT molecular complexity index is 754. The van der Waals surface area contributed by atoms with E-state index in [-0.39, 0.29) is 21.3 Å². The number of benzene rings is 1. The normalized spacial score (nSPS) is 19.4. The third-order valence-corrected chi connectivity index (χ3v) is 9.63. The van der Waals surface area contributed by atoms with E-state index in [1.807, 2.05) is 19.6 Å². The van der Waals surface area contributed by atoms with Crippen LogP contribution in [0, 0.1) is 0 Å². The molecule has 1 heterocycles. The van der Waals surface area contributed by atoms with E-state index in [2.05, 4.69) is 0 Å². The van der Waals surface area contributed by atoms with E-state index < -0.39 is 27.7 Å². The summed E-state index contributed by atoms with van der Waals surface area (Å²) in [5, 5.41) is 0.640. The fraction of sp³-hybridized carbons (Fsp3) is 0.385. The van der Waals surface area contributed by atoms with E-state index in [1.54, 1.807) is 18.2 Å². The van der Waals surface area contributed by atoms with Gasteiger partial charge in [-0.3, -0.25) is 0 Å². The molecule has 110 valence electrons. The maximum Gasteiger partial charge on any atom is 0.203 e. The van der Waals surface area contributed by atoms with Crippen LogP contribution in [0.15, 0.2) is 45.3 Å². The van der Waals surface area contributed by atoms with Gasteiger partial charge in [-0.2, -0.15) is 0 Å². The van der Waals surface area contributed by atoms with Gasteiger partial charge >= 0.3 is 0 Å². The molecule has 0 amide bonds. The summed E-state index contributed by atoms with van der Waals surface area (Å²) < 4.78 is 49.1. The summed E-state index contributed by atoms with van der Waals surface area (Å²) in [4.78, 5) is 0.283. The van der Waals surface area contributed by atoms with Gasteiger partial charge in [0.05, 0.1) is 29.4 Å². The molecule has 20 heavy (non-hydrogen) atoms. The molecule has 0 bridgehead atoms. The molecule has 0 unspecified atom stereocenters. The fourth-order valence-electron chi connectivity index (χ4n) is 2.25. The van der Waals surface area contributed by atoms with Crippen LogP contribution >= 0.6 is 0 Å². The molecule has 1 aromatic rings. The number of hydrogen-bond acceptors (Lipinski definition) is 4. The highest BCUT2D eigenvalue weighted by Crippen LogP contribution is 2.34. The van der Waals surface area contributed by atoms with Gasteiger partial charge in [0.1, 0.15) is 0 Å². The van der Waals surface area contributed by atoms with Crippen LogP contribution in [0.4, 0.5) is 0 Å². The summed E-state index contributed by atoms with van der Waals surface area (Å²) in [5.74, 6) is -0.464. The van der Waals surface area contributed by atoms with Crippen molar-refractivity contribution in [1.82, 2.24) is 0 Å². The lowest BCUT2D eigenvalue weighted by atomic mass is 10.4. The van der Waals surface area contributed by atoms with Crippen LogP contribution in [-0.2, 0) is 19.7 Å². The zero-order valence-corrected chi connectivity index (χ0v) is 14.4. The van der Waals surface area contributed by atoms with Crippen molar-refractivity contribution in [1.29, 1.82) is 0 Å². The predicted molar refractivity (Wildman–Crippen MR) is 82.7 cm³/mol. The quantitative estimate of drug-likeness (QED) is 0.795. The van der Waals surface area contributed by atoms with Crippen molar-refractivity contribution in [3.8, 4) is 0 Å². The van der Waals surface area contributed by atoms with Crippen LogP contribution in [0.2, 0.25) is 19.6 Å². The third kappa shape index (κ3) is 2.89. The molecular formula is C13H18O4S2Si. The lowest BCUT2D eigenvalue weighted by Gasteiger charge is -2.19. The molecule has 0 aliphatic carbocycles. The van der Waals surface area contributed by atoms with Gasteiger partial charge in [-0.25, -0.2) is 16.8 Å². The minimum absolute atomic E-state index is 0.107. The van der Waals surface area contributed by atoms with E-state index >= 15 is 0 Å². The van der Waals surface area contributed by atoms with Crippen LogP contribution in [0.25, 0.3) is 0 Å². The summed E-state index contributed by atoms with van der Waals surface area (Å²) in [6.45, 7) is 5.93. The van der Waals surface area contributed by atoms with Crippen molar-refractivity contribution in [2.24, 2.45) is 0 Å². The SMILES string of the molecule is C[Si](C)(C)C1=C(S(=O)(=O)c2ccccc2)CS(=O)(=O)C1. The number of sulfone groups is 2. The molecular weight excluding hydrogens is 312 g/mol. The topological polar surface area (TPSA) is 68.3 Å². The molecule has 0 N–H and O–H groups in total. The third-order valence-electron chi connectivity index (χ3n) is 3.34. The number of hydrogen-bond donors (Lipinski definition) is 0. The van der Waals surface area contributed by atoms with Gasteiger partial charge in [0.25, 0.3) is 0 Å². The Balaban J connectivity index is 2.65. The first-order valence-electron chi connectivity index (χ1n) is 6.27. The van der Waals surface area contributed by atoms with E-state index in [0.717, 1.165) is 0 Å². The van der Waals surface area contributed by atoms with Crippen molar-refractivity contribution in [3.05, 3.63) is 40.4 Å². The van der Waals surface area contributed by atoms with Gasteiger partial charge in [0.15, 0.2) is 9.84 Å². The number of rotatable bonds is 3. The zero-order chi connectivity index (χ0) is 15.2. The first-order chi connectivity index (χ1) is 9.04. The van der Waals surface area contributed by atoms with Crippen molar-refractivity contribution in [2.75, 3.05) is 11.5 Å². The molecule has 0 aromatic heterocycles. The molecule has 0 radical (unpaired) electrons. The first-order valence-corrected chi connectivity index (χ1v) is 13.1. The lowest BCUT2D eigenvalue weighted by molar-refractivity contribution is 0.596. The Hall–Kier alpha value is -0.923. The Morgan fingerprint density at radius 2 is 1.55 bits per heavy atom. The van der Waals surface area contributed by atoms with Crippen molar-refractivity contribution >= 4 is 27.7 Å². The molecule has 7 heteroatoms. The van der Waals surface area contributed by atoms with Gasteiger partial charge in [0.2, 0.25) is 9.84 Å². The van der Waals surface area contributed by atoms with Gasteiger partial charge in [-0.15, -0.1) is 0 Å². The molecule has 1 aromatic carbocycles. The summed E-state index contributed by atoms with van der Waals surface area (Å²) in [6.07, 6.45) is 0. The molecule has 0 saturated carbocycles. The predicted octanol–water partition coefficient (Wildman–Crippen LogP) is 2.02. The first kappa shape index (κ1) is 15.5. The van der Waals surface area contributed by atoms with Crippen molar-refractivity contribution in [3.63, 3.8) is 0 Å². The molecule has 0 spiro atoms. The summed E-state index contributed by atoms with van der Waals surface area (Å²) in [5.41, 5.74) is 0. The molecule has 2 rings (SSSR count). The highest BCUT2D eigenvalue weighted by atomic mass is 32.2. The Labute approximate surface area is 121 Å². The van der Waals surface area contributed by atoms with Crippen LogP contribution in [0.5, 0.6) is 0 Å². The van der Waals surface area contributed by atoms with E-state index in [1.165, 1.54) is 12.1 Å². The molecule has 4 nitrogen and oxygen atoms in total. The average molecular weight is 331 g/mol. The fourth-order valence-corrected chi connectivity index (χ4v) is 10.8. The minimum Gasteiger partial charge on any atom is -0.228 e. The average Bonchev–Trinajstić information content (AvgIpc) is 2.67. The van der Waals surface area contributed by atoms with Gasteiger partial charge in [-0.1, -0.05) is 43.0 Å². The summed E-state index contributed by atoms with van der Waals surface area (Å²) in [7, 11) is -9.04. The van der Waals surface area contributed by atoms with Crippen molar-refractivity contribution < 1.29 is 16.8 Å². The second-order valence-electron chi connectivity index (χ2n) is 6.00. The minimum atomic E-state index is -3.71. The van der Waals surface area contributed by atoms with E-state index in [0.29, 0.717) is 5.20 Å². The standard InChI is InChI=1S/C13H18O4S2Si/c1-20(2,3)13-10-18(14,15)9-12(13)19(16,17)11-7-5-4-6-8-11/h4-8H,9-10H2,1-3H3. The second kappa shape index (κ2) is 4.82. The highest BCUT2D eigenvalue weighted by molar-refractivity contribution is 7.99. The smallest absolute Gasteiger partial charge is 0.203 e. The van der Waals surface area contributed by atoms with Crippen LogP contribution in [-0.4, -0.2) is 36.4 Å². The maximum absolute atomic E-state index is 12.7. The Morgan fingerprint density at radius 1 is 1.00 bits per heavy atom. The second-order valence-corrected chi connectivity index (χ2v) is 15.1. The molecule has 0 fully saturated rings. The largest absolute Gasteiger partial charge is 0.228 e. The van der Waals surface area contributed by atoms with Crippen molar-refractivity contribution in [2.45, 2.75) is 24.5 Å². The lowest BCUT2D eigenvalue weighted by Crippen LogP contribution is -2.27. The van der Waals surface area contributed by atoms with Gasteiger partial charge in [-0.05, 0) is 12.1 Å². The Morgan fingerprint density at radius 3 is 2.05 bits per heavy atom. The highest BCUT2D eigenvalue weighted by Gasteiger charge is 2.40. The Kier molecular flexibility index (Phi) is 3.73. The maximum atomic E-state index is 12.7. The van der Waals surface area contributed by atoms with E-state index in [9.17, 15) is 16.8 Å².